The average Bonchev–Trinajstić information content (AvgIpc) is 2.69. The van der Waals surface area contributed by atoms with Crippen LogP contribution in [0.25, 0.3) is 0 Å². The number of ether oxygens (including phenoxy) is 1. The van der Waals surface area contributed by atoms with Gasteiger partial charge in [-0.3, -0.25) is 24.0 Å². The van der Waals surface area contributed by atoms with Crippen LogP contribution in [0.2, 0.25) is 0 Å². The van der Waals surface area contributed by atoms with Crippen molar-refractivity contribution in [2.24, 2.45) is 14.1 Å². The molecule has 0 saturated heterocycles. The highest BCUT2D eigenvalue weighted by Gasteiger charge is 2.14. The first-order valence-electron chi connectivity index (χ1n) is 8.57. The third-order valence-electron chi connectivity index (χ3n) is 4.49. The zero-order valence-electron chi connectivity index (χ0n) is 15.5. The van der Waals surface area contributed by atoms with Gasteiger partial charge in [0.2, 0.25) is 0 Å². The third kappa shape index (κ3) is 4.01. The van der Waals surface area contributed by atoms with Crippen molar-refractivity contribution in [3.05, 3.63) is 102 Å². The maximum absolute atomic E-state index is 12.0. The van der Waals surface area contributed by atoms with Gasteiger partial charge in [-0.25, -0.2) is 4.79 Å². The smallest absolute Gasteiger partial charge is 0.330 e. The highest BCUT2D eigenvalue weighted by atomic mass is 16.6. The molecule has 0 amide bonds. The van der Waals surface area contributed by atoms with Gasteiger partial charge in [0.1, 0.15) is 12.4 Å². The van der Waals surface area contributed by atoms with Crippen LogP contribution in [0.15, 0.2) is 64.2 Å². The van der Waals surface area contributed by atoms with Gasteiger partial charge in [-0.2, -0.15) is 0 Å². The lowest BCUT2D eigenvalue weighted by atomic mass is 10.0. The van der Waals surface area contributed by atoms with Crippen molar-refractivity contribution in [3.8, 4) is 5.75 Å². The van der Waals surface area contributed by atoms with E-state index < -0.39 is 16.2 Å². The molecule has 0 fully saturated rings. The van der Waals surface area contributed by atoms with Crippen LogP contribution in [0.1, 0.15) is 16.8 Å². The molecular weight excluding hydrogens is 362 g/mol. The van der Waals surface area contributed by atoms with Crippen molar-refractivity contribution in [2.45, 2.75) is 13.0 Å². The van der Waals surface area contributed by atoms with Gasteiger partial charge < -0.3 is 4.74 Å². The number of nitro benzene ring substituents is 1. The first kappa shape index (κ1) is 19.1. The van der Waals surface area contributed by atoms with E-state index in [1.165, 1.54) is 35.9 Å². The summed E-state index contributed by atoms with van der Waals surface area (Å²) in [6, 6.07) is 15.2. The van der Waals surface area contributed by atoms with Crippen molar-refractivity contribution in [2.75, 3.05) is 0 Å². The molecule has 144 valence electrons. The normalized spacial score (nSPS) is 10.6. The first-order valence-corrected chi connectivity index (χ1v) is 8.57. The molecule has 3 rings (SSSR count). The summed E-state index contributed by atoms with van der Waals surface area (Å²) < 4.78 is 8.18. The molecule has 1 aromatic heterocycles. The predicted octanol–water partition coefficient (Wildman–Crippen LogP) is 2.16. The summed E-state index contributed by atoms with van der Waals surface area (Å²) in [6.07, 6.45) is 0.452. The van der Waals surface area contributed by atoms with Gasteiger partial charge in [0.15, 0.2) is 0 Å². The lowest BCUT2D eigenvalue weighted by Crippen LogP contribution is -2.38. The van der Waals surface area contributed by atoms with E-state index >= 15 is 0 Å². The molecule has 8 nitrogen and oxygen atoms in total. The summed E-state index contributed by atoms with van der Waals surface area (Å²) in [7, 11) is 2.96. The Morgan fingerprint density at radius 3 is 2.39 bits per heavy atom. The molecule has 0 radical (unpaired) electrons. The number of aromatic nitrogens is 2. The Bertz CT molecular complexity index is 1130. The van der Waals surface area contributed by atoms with Crippen molar-refractivity contribution in [1.29, 1.82) is 0 Å². The maximum Gasteiger partial charge on any atom is 0.330 e. The van der Waals surface area contributed by atoms with Crippen LogP contribution in [-0.2, 0) is 27.1 Å². The molecular formula is C20H19N3O5. The molecule has 8 heteroatoms. The van der Waals surface area contributed by atoms with Gasteiger partial charge in [-0.15, -0.1) is 0 Å². The molecule has 0 saturated carbocycles. The average molecular weight is 381 g/mol. The highest BCUT2D eigenvalue weighted by molar-refractivity contribution is 5.46. The van der Waals surface area contributed by atoms with E-state index in [0.29, 0.717) is 23.4 Å². The fourth-order valence-corrected chi connectivity index (χ4v) is 2.84. The Kier molecular flexibility index (Phi) is 5.39. The van der Waals surface area contributed by atoms with E-state index in [4.69, 9.17) is 4.74 Å². The minimum Gasteiger partial charge on any atom is -0.487 e. The van der Waals surface area contributed by atoms with Crippen molar-refractivity contribution in [1.82, 2.24) is 9.13 Å². The second-order valence-electron chi connectivity index (χ2n) is 6.37. The molecule has 0 bridgehead atoms. The summed E-state index contributed by atoms with van der Waals surface area (Å²) in [5, 5.41) is 11.1. The van der Waals surface area contributed by atoms with Gasteiger partial charge in [-0.1, -0.05) is 30.3 Å². The van der Waals surface area contributed by atoms with Gasteiger partial charge in [-0.05, 0) is 11.6 Å². The van der Waals surface area contributed by atoms with Crippen LogP contribution in [0.4, 0.5) is 5.69 Å². The number of hydrogen-bond acceptors (Lipinski definition) is 5. The molecule has 3 aromatic rings. The quantitative estimate of drug-likeness (QED) is 0.482. The topological polar surface area (TPSA) is 96.4 Å². The predicted molar refractivity (Wildman–Crippen MR) is 104 cm³/mol. The van der Waals surface area contributed by atoms with Crippen molar-refractivity contribution >= 4 is 5.69 Å². The van der Waals surface area contributed by atoms with E-state index in [0.717, 1.165) is 10.1 Å². The van der Waals surface area contributed by atoms with Crippen LogP contribution >= 0.6 is 0 Å². The van der Waals surface area contributed by atoms with E-state index in [2.05, 4.69) is 0 Å². The summed E-state index contributed by atoms with van der Waals surface area (Å²) in [5.41, 5.74) is 1.15. The van der Waals surface area contributed by atoms with Crippen molar-refractivity contribution in [3.63, 3.8) is 0 Å². The van der Waals surface area contributed by atoms with Crippen LogP contribution < -0.4 is 16.0 Å². The molecule has 0 aliphatic heterocycles. The number of nitro groups is 1. The third-order valence-corrected chi connectivity index (χ3v) is 4.49. The standard InChI is InChI=1S/C20H19N3O5/c1-21-17(12-19(24)22(2)20(21)25)13-28-18-9-8-16(23(26)27)11-15(18)10-14-6-4-3-5-7-14/h3-9,11-12H,10,13H2,1-2H3. The molecule has 28 heavy (non-hydrogen) atoms. The minimum atomic E-state index is -0.455. The molecule has 1 heterocycles. The Balaban J connectivity index is 1.92. The monoisotopic (exact) mass is 381 g/mol. The first-order chi connectivity index (χ1) is 13.4. The Morgan fingerprint density at radius 2 is 1.71 bits per heavy atom. The zero-order valence-corrected chi connectivity index (χ0v) is 15.5. The summed E-state index contributed by atoms with van der Waals surface area (Å²) in [6.45, 7) is -0.0125. The maximum atomic E-state index is 12.0. The number of benzene rings is 2. The number of hydrogen-bond donors (Lipinski definition) is 0. The van der Waals surface area contributed by atoms with Crippen LogP contribution in [0, 0.1) is 10.1 Å². The van der Waals surface area contributed by atoms with E-state index in [9.17, 15) is 19.7 Å². The Hall–Kier alpha value is -3.68. The second kappa shape index (κ2) is 7.91. The summed E-state index contributed by atoms with van der Waals surface area (Å²) >= 11 is 0. The van der Waals surface area contributed by atoms with Gasteiger partial charge in [0, 0.05) is 44.3 Å². The van der Waals surface area contributed by atoms with Crippen LogP contribution in [0.5, 0.6) is 5.75 Å². The molecule has 0 atom stereocenters. The van der Waals surface area contributed by atoms with Gasteiger partial charge in [0.25, 0.3) is 11.2 Å². The van der Waals surface area contributed by atoms with E-state index in [1.807, 2.05) is 30.3 Å². The van der Waals surface area contributed by atoms with Crippen LogP contribution in [-0.4, -0.2) is 14.1 Å². The Labute approximate surface area is 160 Å². The SMILES string of the molecule is Cn1c(COc2ccc([N+](=O)[O-])cc2Cc2ccccc2)cc(=O)n(C)c1=O. The summed E-state index contributed by atoms with van der Waals surface area (Å²) in [4.78, 5) is 34.6. The number of non-ortho nitro benzene ring substituents is 1. The highest BCUT2D eigenvalue weighted by Crippen LogP contribution is 2.27. The number of nitrogens with zero attached hydrogens (tertiary/aromatic N) is 3. The lowest BCUT2D eigenvalue weighted by molar-refractivity contribution is -0.384. The minimum absolute atomic E-state index is 0.0125. The molecule has 0 N–H and O–H groups in total. The fourth-order valence-electron chi connectivity index (χ4n) is 2.84. The van der Waals surface area contributed by atoms with E-state index in [1.54, 1.807) is 7.05 Å². The molecule has 2 aromatic carbocycles. The van der Waals surface area contributed by atoms with Crippen LogP contribution in [0.3, 0.4) is 0 Å². The number of rotatable bonds is 6. The Morgan fingerprint density at radius 1 is 1.00 bits per heavy atom. The zero-order chi connectivity index (χ0) is 20.3. The molecule has 0 aliphatic rings. The van der Waals surface area contributed by atoms with Gasteiger partial charge in [0.05, 0.1) is 10.6 Å². The lowest BCUT2D eigenvalue weighted by Gasteiger charge is -2.14. The molecule has 0 unspecified atom stereocenters. The fraction of sp³-hybridized carbons (Fsp3) is 0.200. The van der Waals surface area contributed by atoms with Crippen molar-refractivity contribution < 1.29 is 9.66 Å². The van der Waals surface area contributed by atoms with Gasteiger partial charge >= 0.3 is 5.69 Å². The molecule has 0 spiro atoms. The van der Waals surface area contributed by atoms with E-state index in [-0.39, 0.29) is 12.3 Å². The second-order valence-corrected chi connectivity index (χ2v) is 6.37. The largest absolute Gasteiger partial charge is 0.487 e. The molecule has 0 aliphatic carbocycles. The summed E-state index contributed by atoms with van der Waals surface area (Å²) in [5.74, 6) is 0.461.